The van der Waals surface area contributed by atoms with E-state index in [9.17, 15) is 8.42 Å². The second kappa shape index (κ2) is 7.81. The van der Waals surface area contributed by atoms with Crippen molar-refractivity contribution >= 4 is 10.0 Å². The molecule has 1 aromatic rings. The van der Waals surface area contributed by atoms with Crippen LogP contribution >= 0.6 is 0 Å². The van der Waals surface area contributed by atoms with E-state index in [0.717, 1.165) is 31.5 Å². The maximum absolute atomic E-state index is 12.3. The van der Waals surface area contributed by atoms with Crippen molar-refractivity contribution in [2.75, 3.05) is 7.05 Å². The van der Waals surface area contributed by atoms with Gasteiger partial charge in [0, 0.05) is 31.0 Å². The zero-order valence-electron chi connectivity index (χ0n) is 12.9. The summed E-state index contributed by atoms with van der Waals surface area (Å²) >= 11 is 0. The molecule has 0 saturated heterocycles. The van der Waals surface area contributed by atoms with Crippen LogP contribution in [-0.2, 0) is 23.1 Å². The molecule has 5 nitrogen and oxygen atoms in total. The van der Waals surface area contributed by atoms with Crippen LogP contribution < -0.4 is 10.0 Å². The van der Waals surface area contributed by atoms with E-state index in [1.807, 2.05) is 25.5 Å². The van der Waals surface area contributed by atoms with Gasteiger partial charge in [0.05, 0.1) is 4.90 Å². The lowest BCUT2D eigenvalue weighted by molar-refractivity contribution is 0.534. The van der Waals surface area contributed by atoms with E-state index in [4.69, 9.17) is 0 Å². The Hall–Kier alpha value is -0.850. The number of nitrogens with zero attached hydrogens (tertiary/aromatic N) is 1. The third-order valence-electron chi connectivity index (χ3n) is 3.32. The molecule has 0 bridgehead atoms. The molecule has 1 heterocycles. The van der Waals surface area contributed by atoms with Crippen molar-refractivity contribution < 1.29 is 8.42 Å². The fourth-order valence-electron chi connectivity index (χ4n) is 2.20. The molecule has 1 atom stereocenters. The number of aryl methyl sites for hydroxylation is 1. The van der Waals surface area contributed by atoms with Crippen LogP contribution in [0.4, 0.5) is 0 Å². The first kappa shape index (κ1) is 17.2. The maximum atomic E-state index is 12.3. The van der Waals surface area contributed by atoms with Gasteiger partial charge in [-0.1, -0.05) is 19.8 Å². The second-order valence-corrected chi connectivity index (χ2v) is 6.86. The second-order valence-electron chi connectivity index (χ2n) is 5.15. The maximum Gasteiger partial charge on any atom is 0.242 e. The minimum atomic E-state index is -3.42. The van der Waals surface area contributed by atoms with Gasteiger partial charge < -0.3 is 9.88 Å². The summed E-state index contributed by atoms with van der Waals surface area (Å²) in [7, 11) is -1.57. The quantitative estimate of drug-likeness (QED) is 0.734. The minimum Gasteiger partial charge on any atom is -0.349 e. The van der Waals surface area contributed by atoms with E-state index >= 15 is 0 Å². The van der Waals surface area contributed by atoms with E-state index < -0.39 is 10.0 Å². The number of rotatable bonds is 9. The van der Waals surface area contributed by atoms with Crippen LogP contribution in [0.2, 0.25) is 0 Å². The number of nitrogens with one attached hydrogen (secondary N) is 2. The van der Waals surface area contributed by atoms with Crippen molar-refractivity contribution in [3.8, 4) is 0 Å². The van der Waals surface area contributed by atoms with Gasteiger partial charge in [-0.3, -0.25) is 0 Å². The molecule has 0 amide bonds. The molecule has 0 radical (unpaired) electrons. The average Bonchev–Trinajstić information content (AvgIpc) is 2.80. The van der Waals surface area contributed by atoms with E-state index in [1.54, 1.807) is 12.3 Å². The summed E-state index contributed by atoms with van der Waals surface area (Å²) in [5.74, 6) is 0. The summed E-state index contributed by atoms with van der Waals surface area (Å²) in [6.07, 6.45) is 4.68. The minimum absolute atomic E-state index is 0.0299. The third-order valence-corrected chi connectivity index (χ3v) is 4.87. The highest BCUT2D eigenvalue weighted by Gasteiger charge is 2.20. The zero-order chi connectivity index (χ0) is 15.2. The molecule has 0 fully saturated rings. The highest BCUT2D eigenvalue weighted by molar-refractivity contribution is 7.89. The van der Waals surface area contributed by atoms with Crippen LogP contribution in [0.5, 0.6) is 0 Å². The Balaban J connectivity index is 2.86. The van der Waals surface area contributed by atoms with Crippen LogP contribution in [-0.4, -0.2) is 26.1 Å². The van der Waals surface area contributed by atoms with E-state index in [-0.39, 0.29) is 6.04 Å². The van der Waals surface area contributed by atoms with E-state index in [2.05, 4.69) is 17.0 Å². The van der Waals surface area contributed by atoms with Crippen molar-refractivity contribution in [2.45, 2.75) is 64.1 Å². The fraction of sp³-hybridized carbons (Fsp3) is 0.714. The van der Waals surface area contributed by atoms with Crippen LogP contribution in [0.3, 0.4) is 0 Å². The molecule has 1 aromatic heterocycles. The largest absolute Gasteiger partial charge is 0.349 e. The molecule has 0 aromatic carbocycles. The Morgan fingerprint density at radius 1 is 1.35 bits per heavy atom. The number of unbranched alkanes of at least 4 members (excludes halogenated alkanes) is 1. The molecular formula is C14H27N3O2S. The lowest BCUT2D eigenvalue weighted by Gasteiger charge is -2.12. The molecule has 0 aliphatic heterocycles. The molecule has 1 unspecified atom stereocenters. The Kier molecular flexibility index (Phi) is 6.71. The Labute approximate surface area is 122 Å². The smallest absolute Gasteiger partial charge is 0.242 e. The molecule has 0 aliphatic carbocycles. The van der Waals surface area contributed by atoms with Gasteiger partial charge in [-0.05, 0) is 33.4 Å². The molecule has 0 aliphatic rings. The number of aromatic nitrogens is 1. The van der Waals surface area contributed by atoms with E-state index in [0.29, 0.717) is 11.4 Å². The SMILES string of the molecule is CCCCC(C)NS(=O)(=O)c1cc(CNC)n(CC)c1. The van der Waals surface area contributed by atoms with E-state index in [1.165, 1.54) is 0 Å². The topological polar surface area (TPSA) is 63.1 Å². The Morgan fingerprint density at radius 3 is 2.60 bits per heavy atom. The number of hydrogen-bond acceptors (Lipinski definition) is 3. The van der Waals surface area contributed by atoms with Crippen LogP contribution in [0, 0.1) is 0 Å². The Bertz CT molecular complexity index is 508. The lowest BCUT2D eigenvalue weighted by atomic mass is 10.2. The van der Waals surface area contributed by atoms with Crippen molar-refractivity contribution in [1.29, 1.82) is 0 Å². The predicted octanol–water partition coefficient (Wildman–Crippen LogP) is 2.08. The predicted molar refractivity (Wildman–Crippen MR) is 82.2 cm³/mol. The van der Waals surface area contributed by atoms with Gasteiger partial charge >= 0.3 is 0 Å². The summed E-state index contributed by atoms with van der Waals surface area (Å²) in [6.45, 7) is 7.45. The zero-order valence-corrected chi connectivity index (χ0v) is 13.8. The standard InChI is InChI=1S/C14H27N3O2S/c1-5-7-8-12(3)16-20(18,19)14-9-13(10-15-4)17(6-2)11-14/h9,11-12,15-16H,5-8,10H2,1-4H3. The Morgan fingerprint density at radius 2 is 2.05 bits per heavy atom. The fourth-order valence-corrected chi connectivity index (χ4v) is 3.54. The van der Waals surface area contributed by atoms with Gasteiger partial charge in [0.15, 0.2) is 0 Å². The van der Waals surface area contributed by atoms with Crippen LogP contribution in [0.15, 0.2) is 17.2 Å². The van der Waals surface area contributed by atoms with Gasteiger partial charge in [-0.2, -0.15) is 0 Å². The summed E-state index contributed by atoms with van der Waals surface area (Å²) in [5.41, 5.74) is 0.983. The summed E-state index contributed by atoms with van der Waals surface area (Å²) in [4.78, 5) is 0.355. The molecule has 1 rings (SSSR count). The first-order valence-electron chi connectivity index (χ1n) is 7.30. The van der Waals surface area contributed by atoms with Crippen molar-refractivity contribution in [2.24, 2.45) is 0 Å². The van der Waals surface area contributed by atoms with Gasteiger partial charge in [0.1, 0.15) is 0 Å². The van der Waals surface area contributed by atoms with Crippen molar-refractivity contribution in [3.05, 3.63) is 18.0 Å². The van der Waals surface area contributed by atoms with Gasteiger partial charge in [-0.15, -0.1) is 0 Å². The molecule has 116 valence electrons. The normalized spacial score (nSPS) is 13.6. The molecular weight excluding hydrogens is 274 g/mol. The van der Waals surface area contributed by atoms with Gasteiger partial charge in [-0.25, -0.2) is 13.1 Å². The molecule has 0 saturated carbocycles. The van der Waals surface area contributed by atoms with Crippen LogP contribution in [0.25, 0.3) is 0 Å². The first-order valence-corrected chi connectivity index (χ1v) is 8.78. The average molecular weight is 301 g/mol. The first-order chi connectivity index (χ1) is 9.44. The lowest BCUT2D eigenvalue weighted by Crippen LogP contribution is -2.32. The summed E-state index contributed by atoms with van der Waals surface area (Å²) in [5, 5.41) is 3.06. The van der Waals surface area contributed by atoms with Crippen molar-refractivity contribution in [1.82, 2.24) is 14.6 Å². The molecule has 2 N–H and O–H groups in total. The molecule has 0 spiro atoms. The highest BCUT2D eigenvalue weighted by Crippen LogP contribution is 2.15. The summed E-state index contributed by atoms with van der Waals surface area (Å²) in [6, 6.07) is 1.71. The highest BCUT2D eigenvalue weighted by atomic mass is 32.2. The molecule has 20 heavy (non-hydrogen) atoms. The van der Waals surface area contributed by atoms with Gasteiger partial charge in [0.2, 0.25) is 10.0 Å². The molecule has 6 heteroatoms. The van der Waals surface area contributed by atoms with Crippen LogP contribution in [0.1, 0.15) is 45.7 Å². The third kappa shape index (κ3) is 4.61. The number of hydrogen-bond donors (Lipinski definition) is 2. The summed E-state index contributed by atoms with van der Waals surface area (Å²) < 4.78 is 29.4. The van der Waals surface area contributed by atoms with Crippen molar-refractivity contribution in [3.63, 3.8) is 0 Å². The van der Waals surface area contributed by atoms with Gasteiger partial charge in [0.25, 0.3) is 0 Å². The monoisotopic (exact) mass is 301 g/mol. The number of sulfonamides is 1.